The summed E-state index contributed by atoms with van der Waals surface area (Å²) in [6, 6.07) is 9.15. The molecular formula is C16H25N3O. The summed E-state index contributed by atoms with van der Waals surface area (Å²) in [5, 5.41) is 0. The average Bonchev–Trinajstić information content (AvgIpc) is 2.53. The van der Waals surface area contributed by atoms with Gasteiger partial charge in [-0.05, 0) is 17.5 Å². The maximum absolute atomic E-state index is 6.04. The van der Waals surface area contributed by atoms with Crippen molar-refractivity contribution in [1.82, 2.24) is 9.80 Å². The van der Waals surface area contributed by atoms with Gasteiger partial charge in [-0.2, -0.15) is 0 Å². The summed E-state index contributed by atoms with van der Waals surface area (Å²) in [6.07, 6.45) is 1.15. The highest BCUT2D eigenvalue weighted by atomic mass is 16.5. The second-order valence-electron chi connectivity index (χ2n) is 5.69. The fraction of sp³-hybridized carbons (Fsp3) is 0.625. The number of morpholine rings is 1. The van der Waals surface area contributed by atoms with E-state index in [1.807, 2.05) is 0 Å². The summed E-state index contributed by atoms with van der Waals surface area (Å²) in [5.74, 6) is 0. The topological polar surface area (TPSA) is 41.7 Å². The van der Waals surface area contributed by atoms with Crippen molar-refractivity contribution < 1.29 is 4.74 Å². The number of nitrogens with two attached hydrogens (primary N) is 1. The predicted molar refractivity (Wildman–Crippen MR) is 80.8 cm³/mol. The minimum absolute atomic E-state index is 0.390. The van der Waals surface area contributed by atoms with E-state index in [2.05, 4.69) is 34.1 Å². The number of nitrogens with zero attached hydrogens (tertiary/aromatic N) is 2. The molecule has 0 aromatic heterocycles. The quantitative estimate of drug-likeness (QED) is 0.885. The highest BCUT2D eigenvalue weighted by Crippen LogP contribution is 2.28. The van der Waals surface area contributed by atoms with Crippen molar-refractivity contribution in [2.75, 3.05) is 52.5 Å². The van der Waals surface area contributed by atoms with Crippen molar-refractivity contribution in [1.29, 1.82) is 0 Å². The Balaban J connectivity index is 1.62. The predicted octanol–water partition coefficient (Wildman–Crippen LogP) is 0.877. The molecule has 20 heavy (non-hydrogen) atoms. The maximum atomic E-state index is 6.04. The monoisotopic (exact) mass is 275 g/mol. The van der Waals surface area contributed by atoms with E-state index >= 15 is 0 Å². The zero-order chi connectivity index (χ0) is 13.8. The molecule has 2 aliphatic rings. The van der Waals surface area contributed by atoms with Gasteiger partial charge in [-0.25, -0.2) is 0 Å². The number of fused-ring (bicyclic) bond motifs is 1. The van der Waals surface area contributed by atoms with Gasteiger partial charge < -0.3 is 10.5 Å². The third-order valence-corrected chi connectivity index (χ3v) is 4.55. The highest BCUT2D eigenvalue weighted by Gasteiger charge is 2.26. The largest absolute Gasteiger partial charge is 0.379 e. The van der Waals surface area contributed by atoms with Crippen LogP contribution >= 0.6 is 0 Å². The summed E-state index contributed by atoms with van der Waals surface area (Å²) in [6.45, 7) is 7.96. The van der Waals surface area contributed by atoms with E-state index < -0.39 is 0 Å². The zero-order valence-corrected chi connectivity index (χ0v) is 12.1. The van der Waals surface area contributed by atoms with Gasteiger partial charge >= 0.3 is 0 Å². The van der Waals surface area contributed by atoms with Crippen LogP contribution in [0.15, 0.2) is 24.3 Å². The van der Waals surface area contributed by atoms with Gasteiger partial charge in [0.15, 0.2) is 0 Å². The fourth-order valence-electron chi connectivity index (χ4n) is 3.34. The third kappa shape index (κ3) is 3.04. The Morgan fingerprint density at radius 3 is 2.70 bits per heavy atom. The number of ether oxygens (including phenoxy) is 1. The van der Waals surface area contributed by atoms with Gasteiger partial charge in [0.05, 0.1) is 13.2 Å². The van der Waals surface area contributed by atoms with Gasteiger partial charge in [0, 0.05) is 45.3 Å². The lowest BCUT2D eigenvalue weighted by atomic mass is 9.92. The summed E-state index contributed by atoms with van der Waals surface area (Å²) >= 11 is 0. The Morgan fingerprint density at radius 2 is 1.90 bits per heavy atom. The van der Waals surface area contributed by atoms with Crippen molar-refractivity contribution in [2.45, 2.75) is 12.5 Å². The van der Waals surface area contributed by atoms with Gasteiger partial charge in [0.25, 0.3) is 0 Å². The third-order valence-electron chi connectivity index (χ3n) is 4.55. The van der Waals surface area contributed by atoms with Crippen molar-refractivity contribution >= 4 is 0 Å². The second-order valence-corrected chi connectivity index (χ2v) is 5.69. The summed E-state index contributed by atoms with van der Waals surface area (Å²) in [4.78, 5) is 5.05. The minimum Gasteiger partial charge on any atom is -0.379 e. The Morgan fingerprint density at radius 1 is 1.10 bits per heavy atom. The molecule has 0 saturated carbocycles. The Hall–Kier alpha value is -0.940. The molecule has 3 rings (SSSR count). The Labute approximate surface area is 121 Å². The molecule has 1 atom stereocenters. The van der Waals surface area contributed by atoms with Crippen LogP contribution in [0.2, 0.25) is 0 Å². The van der Waals surface area contributed by atoms with E-state index in [0.717, 1.165) is 52.4 Å². The van der Waals surface area contributed by atoms with Crippen LogP contribution < -0.4 is 5.73 Å². The molecule has 2 N–H and O–H groups in total. The first-order valence-electron chi connectivity index (χ1n) is 7.70. The number of rotatable bonds is 4. The molecule has 0 amide bonds. The maximum Gasteiger partial charge on any atom is 0.0594 e. The zero-order valence-electron chi connectivity index (χ0n) is 12.1. The van der Waals surface area contributed by atoms with Crippen molar-refractivity contribution in [3.63, 3.8) is 0 Å². The van der Waals surface area contributed by atoms with Gasteiger partial charge in [-0.15, -0.1) is 0 Å². The number of hydrogen-bond acceptors (Lipinski definition) is 4. The molecule has 1 saturated heterocycles. The van der Waals surface area contributed by atoms with Gasteiger partial charge in [-0.3, -0.25) is 9.80 Å². The van der Waals surface area contributed by atoms with Gasteiger partial charge in [0.1, 0.15) is 0 Å². The van der Waals surface area contributed by atoms with Crippen molar-refractivity contribution in [2.24, 2.45) is 5.73 Å². The number of hydrogen-bond donors (Lipinski definition) is 1. The number of benzene rings is 1. The lowest BCUT2D eigenvalue weighted by molar-refractivity contribution is 0.0304. The molecule has 1 unspecified atom stereocenters. The second kappa shape index (κ2) is 6.68. The van der Waals surface area contributed by atoms with E-state index in [1.165, 1.54) is 11.1 Å². The standard InChI is InChI=1S/C16H25N3O/c17-13-16-15-4-2-1-3-14(15)5-6-19(16)8-7-18-9-11-20-12-10-18/h1-4,16H,5-13,17H2. The minimum atomic E-state index is 0.390. The molecule has 110 valence electrons. The van der Waals surface area contributed by atoms with Crippen LogP contribution in [0.1, 0.15) is 17.2 Å². The van der Waals surface area contributed by atoms with E-state index in [1.54, 1.807) is 0 Å². The van der Waals surface area contributed by atoms with Crippen LogP contribution in [0.4, 0.5) is 0 Å². The first kappa shape index (κ1) is 14.0. The summed E-state index contributed by atoms with van der Waals surface area (Å²) in [5.41, 5.74) is 8.95. The SMILES string of the molecule is NCC1c2ccccc2CCN1CCN1CCOCC1. The van der Waals surface area contributed by atoms with E-state index in [9.17, 15) is 0 Å². The van der Waals surface area contributed by atoms with Gasteiger partial charge in [0.2, 0.25) is 0 Å². The van der Waals surface area contributed by atoms with Crippen LogP contribution in [0.25, 0.3) is 0 Å². The molecular weight excluding hydrogens is 250 g/mol. The molecule has 0 bridgehead atoms. The van der Waals surface area contributed by atoms with E-state index in [4.69, 9.17) is 10.5 Å². The van der Waals surface area contributed by atoms with Crippen LogP contribution in [-0.2, 0) is 11.2 Å². The molecule has 1 aromatic rings. The molecule has 1 aromatic carbocycles. The highest BCUT2D eigenvalue weighted by molar-refractivity contribution is 5.32. The molecule has 2 aliphatic heterocycles. The first-order chi connectivity index (χ1) is 9.88. The fourth-order valence-corrected chi connectivity index (χ4v) is 3.34. The van der Waals surface area contributed by atoms with Crippen LogP contribution in [0, 0.1) is 0 Å². The smallest absolute Gasteiger partial charge is 0.0594 e. The Kier molecular flexibility index (Phi) is 4.68. The Bertz CT molecular complexity index is 431. The van der Waals surface area contributed by atoms with Crippen molar-refractivity contribution in [3.05, 3.63) is 35.4 Å². The lowest BCUT2D eigenvalue weighted by Gasteiger charge is -2.38. The molecule has 0 aliphatic carbocycles. The van der Waals surface area contributed by atoms with Crippen LogP contribution in [0.3, 0.4) is 0 Å². The summed E-state index contributed by atoms with van der Waals surface area (Å²) < 4.78 is 5.41. The van der Waals surface area contributed by atoms with E-state index in [0.29, 0.717) is 12.6 Å². The first-order valence-corrected chi connectivity index (χ1v) is 7.70. The molecule has 0 radical (unpaired) electrons. The molecule has 1 fully saturated rings. The molecule has 4 heteroatoms. The van der Waals surface area contributed by atoms with Crippen LogP contribution in [0.5, 0.6) is 0 Å². The molecule has 2 heterocycles. The van der Waals surface area contributed by atoms with Crippen LogP contribution in [-0.4, -0.2) is 62.3 Å². The lowest BCUT2D eigenvalue weighted by Crippen LogP contribution is -2.45. The molecule has 0 spiro atoms. The van der Waals surface area contributed by atoms with E-state index in [-0.39, 0.29) is 0 Å². The van der Waals surface area contributed by atoms with Crippen molar-refractivity contribution in [3.8, 4) is 0 Å². The van der Waals surface area contributed by atoms with Gasteiger partial charge in [-0.1, -0.05) is 24.3 Å². The average molecular weight is 275 g/mol. The normalized spacial score (nSPS) is 24.6. The molecule has 4 nitrogen and oxygen atoms in total. The summed E-state index contributed by atoms with van der Waals surface area (Å²) in [7, 11) is 0.